The number of piperidine rings is 1. The van der Waals surface area contributed by atoms with E-state index in [1.807, 2.05) is 12.1 Å². The first-order valence-electron chi connectivity index (χ1n) is 11.3. The number of methoxy groups -OCH3 is 3. The Labute approximate surface area is 189 Å². The monoisotopic (exact) mass is 431 g/mol. The maximum Gasteiger partial charge on any atom is 0.193 e. The van der Waals surface area contributed by atoms with Gasteiger partial charge in [0.2, 0.25) is 0 Å². The molecule has 2 aromatic carbocycles. The number of benzene rings is 1. The predicted octanol–water partition coefficient (Wildman–Crippen LogP) is 4.43. The first-order chi connectivity index (χ1) is 15.7. The van der Waals surface area contributed by atoms with E-state index in [1.165, 1.54) is 16.9 Å². The Morgan fingerprint density at radius 1 is 1.03 bits per heavy atom. The van der Waals surface area contributed by atoms with Crippen LogP contribution in [-0.4, -0.2) is 45.4 Å². The van der Waals surface area contributed by atoms with Crippen molar-refractivity contribution in [3.05, 3.63) is 47.7 Å². The lowest BCUT2D eigenvalue weighted by atomic mass is 10.0. The Morgan fingerprint density at radius 2 is 1.81 bits per heavy atom. The van der Waals surface area contributed by atoms with Crippen molar-refractivity contribution >= 4 is 22.3 Å². The minimum Gasteiger partial charge on any atom is -0.493 e. The molecule has 0 saturated carbocycles. The van der Waals surface area contributed by atoms with Crippen molar-refractivity contribution in [1.29, 1.82) is 0 Å². The van der Waals surface area contributed by atoms with Gasteiger partial charge in [0.1, 0.15) is 0 Å². The number of aryl methyl sites for hydroxylation is 1. The summed E-state index contributed by atoms with van der Waals surface area (Å²) in [7, 11) is 5.04. The lowest BCUT2D eigenvalue weighted by Crippen LogP contribution is -2.39. The molecule has 0 bridgehead atoms. The summed E-state index contributed by atoms with van der Waals surface area (Å²) in [6.45, 7) is 1.93. The molecule has 1 aromatic heterocycles. The molecule has 32 heavy (non-hydrogen) atoms. The van der Waals surface area contributed by atoms with Gasteiger partial charge in [-0.05, 0) is 61.9 Å². The summed E-state index contributed by atoms with van der Waals surface area (Å²) in [6.07, 6.45) is 5.36. The van der Waals surface area contributed by atoms with Gasteiger partial charge in [0.15, 0.2) is 17.2 Å². The normalized spacial score (nSPS) is 15.9. The summed E-state index contributed by atoms with van der Waals surface area (Å²) in [5.74, 6) is 2.22. The van der Waals surface area contributed by atoms with Crippen molar-refractivity contribution in [3.8, 4) is 17.2 Å². The van der Waals surface area contributed by atoms with Gasteiger partial charge in [-0.2, -0.15) is 0 Å². The molecule has 5 rings (SSSR count). The number of ether oxygens (including phenoxy) is 3. The summed E-state index contributed by atoms with van der Waals surface area (Å²) >= 11 is 0. The molecule has 1 N–H and O–H groups in total. The van der Waals surface area contributed by atoms with Crippen molar-refractivity contribution in [2.75, 3.05) is 44.6 Å². The molecule has 3 aromatic rings. The van der Waals surface area contributed by atoms with Crippen LogP contribution in [0.4, 0.5) is 11.4 Å². The van der Waals surface area contributed by atoms with E-state index in [-0.39, 0.29) is 0 Å². The molecule has 0 atom stereocenters. The molecule has 1 saturated heterocycles. The van der Waals surface area contributed by atoms with Crippen molar-refractivity contribution < 1.29 is 14.2 Å². The molecule has 2 aliphatic rings. The van der Waals surface area contributed by atoms with Crippen LogP contribution >= 0.6 is 0 Å². The van der Waals surface area contributed by atoms with E-state index in [0.717, 1.165) is 79.0 Å². The number of hydrogen-bond acceptors (Lipinski definition) is 6. The minimum absolute atomic E-state index is 0.403. The molecule has 0 amide bonds. The van der Waals surface area contributed by atoms with Gasteiger partial charge in [-0.1, -0.05) is 6.07 Å². The van der Waals surface area contributed by atoms with E-state index < -0.39 is 0 Å². The standard InChI is InChI=1S/C26H29N3O3/c1-30-23-10-5-4-9-22(23)29-13-11-17(12-14-29)27-26-18-7-6-8-20(18)28-21-16-25(32-3)24(31-2)15-19(21)26/h4,9,15-17H,6-8,11-14H2,1-3H3,(H,27,28). The second kappa shape index (κ2) is 8.66. The summed E-state index contributed by atoms with van der Waals surface area (Å²) < 4.78 is 16.6. The molecular weight excluding hydrogens is 402 g/mol. The van der Waals surface area contributed by atoms with E-state index in [2.05, 4.69) is 34.5 Å². The Morgan fingerprint density at radius 3 is 2.56 bits per heavy atom. The molecule has 1 fully saturated rings. The van der Waals surface area contributed by atoms with Crippen LogP contribution in [0.2, 0.25) is 0 Å². The maximum atomic E-state index is 5.59. The van der Waals surface area contributed by atoms with Crippen LogP contribution in [0.1, 0.15) is 30.5 Å². The molecule has 6 heteroatoms. The van der Waals surface area contributed by atoms with E-state index in [9.17, 15) is 0 Å². The van der Waals surface area contributed by atoms with Gasteiger partial charge < -0.3 is 24.4 Å². The molecule has 1 aliphatic carbocycles. The molecule has 2 heterocycles. The summed E-state index contributed by atoms with van der Waals surface area (Å²) in [4.78, 5) is 7.34. The van der Waals surface area contributed by atoms with Crippen molar-refractivity contribution in [2.24, 2.45) is 0 Å². The smallest absolute Gasteiger partial charge is 0.193 e. The number of hydrogen-bond donors (Lipinski definition) is 1. The maximum absolute atomic E-state index is 5.59. The number of nitrogens with one attached hydrogen (secondary N) is 1. The third-order valence-electron chi connectivity index (χ3n) is 6.65. The van der Waals surface area contributed by atoms with Crippen LogP contribution < -0.4 is 24.4 Å². The largest absolute Gasteiger partial charge is 0.493 e. The SMILES string of the molecule is COc1c#cccc1N1CCC(Nc2c3c(nc4cc(OC)c(OC)cc24)CCC3)CC1. The van der Waals surface area contributed by atoms with E-state index in [4.69, 9.17) is 19.2 Å². The van der Waals surface area contributed by atoms with Crippen LogP contribution in [0.25, 0.3) is 10.9 Å². The van der Waals surface area contributed by atoms with Gasteiger partial charge in [-0.3, -0.25) is 4.98 Å². The third kappa shape index (κ3) is 3.62. The van der Waals surface area contributed by atoms with Crippen molar-refractivity contribution in [1.82, 2.24) is 4.98 Å². The van der Waals surface area contributed by atoms with E-state index >= 15 is 0 Å². The first kappa shape index (κ1) is 20.6. The van der Waals surface area contributed by atoms with Crippen LogP contribution in [0.5, 0.6) is 17.2 Å². The lowest BCUT2D eigenvalue weighted by Gasteiger charge is -2.35. The number of nitrogens with zero attached hydrogens (tertiary/aromatic N) is 2. The van der Waals surface area contributed by atoms with Gasteiger partial charge >= 0.3 is 0 Å². The zero-order valence-electron chi connectivity index (χ0n) is 19.0. The van der Waals surface area contributed by atoms with Gasteiger partial charge in [0.25, 0.3) is 0 Å². The number of pyridine rings is 1. The number of aromatic nitrogens is 1. The van der Waals surface area contributed by atoms with Gasteiger partial charge in [0, 0.05) is 42.0 Å². The summed E-state index contributed by atoms with van der Waals surface area (Å²) in [6, 6.07) is 14.5. The molecular formula is C26H29N3O3. The second-order valence-electron chi connectivity index (χ2n) is 8.42. The highest BCUT2D eigenvalue weighted by atomic mass is 16.5. The van der Waals surface area contributed by atoms with Gasteiger partial charge in [0.05, 0.1) is 32.5 Å². The number of anilines is 2. The van der Waals surface area contributed by atoms with Gasteiger partial charge in [-0.15, -0.1) is 0 Å². The third-order valence-corrected chi connectivity index (χ3v) is 6.65. The Balaban J connectivity index is 1.42. The molecule has 1 aliphatic heterocycles. The first-order valence-corrected chi connectivity index (χ1v) is 11.3. The summed E-state index contributed by atoms with van der Waals surface area (Å²) in [5, 5.41) is 5.02. The molecule has 6 nitrogen and oxygen atoms in total. The van der Waals surface area contributed by atoms with Crippen LogP contribution in [-0.2, 0) is 12.8 Å². The fraction of sp³-hybridized carbons (Fsp3) is 0.423. The number of rotatable bonds is 6. The van der Waals surface area contributed by atoms with Crippen LogP contribution in [0.15, 0.2) is 24.3 Å². The fourth-order valence-electron chi connectivity index (χ4n) is 5.00. The summed E-state index contributed by atoms with van der Waals surface area (Å²) in [5.41, 5.74) is 5.86. The van der Waals surface area contributed by atoms with Crippen molar-refractivity contribution in [2.45, 2.75) is 38.1 Å². The van der Waals surface area contributed by atoms with Crippen LogP contribution in [0.3, 0.4) is 0 Å². The van der Waals surface area contributed by atoms with E-state index in [1.54, 1.807) is 21.3 Å². The predicted molar refractivity (Wildman–Crippen MR) is 126 cm³/mol. The lowest BCUT2D eigenvalue weighted by molar-refractivity contribution is 0.356. The molecule has 166 valence electrons. The molecule has 0 unspecified atom stereocenters. The highest BCUT2D eigenvalue weighted by Crippen LogP contribution is 2.40. The Hall–Kier alpha value is -3.33. The quantitative estimate of drug-likeness (QED) is 0.623. The zero-order chi connectivity index (χ0) is 22.1. The van der Waals surface area contributed by atoms with Gasteiger partial charge in [-0.25, -0.2) is 0 Å². The average Bonchev–Trinajstić information content (AvgIpc) is 3.32. The Bertz CT molecular complexity index is 1120. The fourth-order valence-corrected chi connectivity index (χ4v) is 5.00. The number of fused-ring (bicyclic) bond motifs is 2. The molecule has 0 spiro atoms. The average molecular weight is 432 g/mol. The van der Waals surface area contributed by atoms with E-state index in [0.29, 0.717) is 6.04 Å². The van der Waals surface area contributed by atoms with Crippen molar-refractivity contribution in [3.63, 3.8) is 0 Å². The molecule has 0 radical (unpaired) electrons. The zero-order valence-corrected chi connectivity index (χ0v) is 19.0. The van der Waals surface area contributed by atoms with Crippen LogP contribution in [0, 0.1) is 12.1 Å². The minimum atomic E-state index is 0.403. The highest BCUT2D eigenvalue weighted by Gasteiger charge is 2.26. The highest BCUT2D eigenvalue weighted by molar-refractivity contribution is 5.96. The second-order valence-corrected chi connectivity index (χ2v) is 8.42. The topological polar surface area (TPSA) is 55.9 Å². The Kier molecular flexibility index (Phi) is 5.57.